The summed E-state index contributed by atoms with van der Waals surface area (Å²) in [5.41, 5.74) is 3.90. The van der Waals surface area contributed by atoms with Gasteiger partial charge >= 0.3 is 0 Å². The lowest BCUT2D eigenvalue weighted by molar-refractivity contribution is 0.200. The number of hydrogen-bond acceptors (Lipinski definition) is 4. The molecule has 4 nitrogen and oxygen atoms in total. The van der Waals surface area contributed by atoms with E-state index in [0.717, 1.165) is 45.0 Å². The molecule has 1 heterocycles. The van der Waals surface area contributed by atoms with Crippen molar-refractivity contribution in [2.45, 2.75) is 19.5 Å². The maximum Gasteiger partial charge on any atom is 0.119 e. The third-order valence-electron chi connectivity index (χ3n) is 6.97. The third kappa shape index (κ3) is 6.02. The highest BCUT2D eigenvalue weighted by Gasteiger charge is 2.16. The first-order valence-corrected chi connectivity index (χ1v) is 12.7. The van der Waals surface area contributed by atoms with E-state index in [4.69, 9.17) is 4.74 Å². The van der Waals surface area contributed by atoms with Gasteiger partial charge in [0.1, 0.15) is 12.4 Å². The molecule has 4 aromatic carbocycles. The molecule has 0 bridgehead atoms. The lowest BCUT2D eigenvalue weighted by atomic mass is 9.99. The first kappa shape index (κ1) is 23.4. The van der Waals surface area contributed by atoms with E-state index in [0.29, 0.717) is 6.61 Å². The van der Waals surface area contributed by atoms with Gasteiger partial charge in [0.2, 0.25) is 0 Å². The molecule has 4 heteroatoms. The average Bonchev–Trinajstić information content (AvgIpc) is 2.92. The summed E-state index contributed by atoms with van der Waals surface area (Å²) in [5, 5.41) is 6.30. The summed E-state index contributed by atoms with van der Waals surface area (Å²) in [5.74, 6) is 0.949. The van der Waals surface area contributed by atoms with Crippen LogP contribution in [0.5, 0.6) is 5.75 Å². The van der Waals surface area contributed by atoms with Crippen LogP contribution in [-0.4, -0.2) is 44.2 Å². The quantitative estimate of drug-likeness (QED) is 0.333. The maximum absolute atomic E-state index is 6.13. The Balaban J connectivity index is 1.08. The van der Waals surface area contributed by atoms with Gasteiger partial charge in [-0.05, 0) is 53.1 Å². The number of fused-ring (bicyclic) bond motifs is 1. The highest BCUT2D eigenvalue weighted by atomic mass is 16.5. The van der Waals surface area contributed by atoms with Gasteiger partial charge in [0, 0.05) is 51.0 Å². The van der Waals surface area contributed by atoms with Crippen LogP contribution in [0.1, 0.15) is 24.1 Å². The summed E-state index contributed by atoms with van der Waals surface area (Å²) in [6.45, 7) is 9.02. The average molecular weight is 466 g/mol. The van der Waals surface area contributed by atoms with Gasteiger partial charge in [0.25, 0.3) is 0 Å². The second kappa shape index (κ2) is 11.4. The number of hydrogen-bond donors (Lipinski definition) is 1. The predicted molar refractivity (Wildman–Crippen MR) is 146 cm³/mol. The number of benzene rings is 4. The molecule has 0 amide bonds. The normalized spacial score (nSPS) is 15.3. The number of para-hydroxylation sites is 1. The standard InChI is InChI=1S/C31H35N3O/c1-25(30-16-8-11-27-10-5-6-15-31(27)30)32-24-26-9-7-14-29(23-26)35-22-21-33-17-19-34(20-18-33)28-12-3-2-4-13-28/h2-16,23,25,32H,17-22,24H2,1H3. The molecular formula is C31H35N3O. The molecule has 1 unspecified atom stereocenters. The third-order valence-corrected chi connectivity index (χ3v) is 6.97. The lowest BCUT2D eigenvalue weighted by Gasteiger charge is -2.36. The maximum atomic E-state index is 6.13. The van der Waals surface area contributed by atoms with E-state index in [-0.39, 0.29) is 6.04 Å². The Kier molecular flexibility index (Phi) is 7.62. The fraction of sp³-hybridized carbons (Fsp3) is 0.290. The highest BCUT2D eigenvalue weighted by molar-refractivity contribution is 5.86. The van der Waals surface area contributed by atoms with Crippen molar-refractivity contribution < 1.29 is 4.74 Å². The summed E-state index contributed by atoms with van der Waals surface area (Å²) in [6, 6.07) is 34.6. The van der Waals surface area contributed by atoms with Crippen LogP contribution in [0.2, 0.25) is 0 Å². The Hall–Kier alpha value is -3.34. The van der Waals surface area contributed by atoms with Crippen LogP contribution in [0.3, 0.4) is 0 Å². The zero-order chi connectivity index (χ0) is 23.9. The van der Waals surface area contributed by atoms with E-state index in [1.54, 1.807) is 0 Å². The number of nitrogens with zero attached hydrogens (tertiary/aromatic N) is 2. The van der Waals surface area contributed by atoms with Gasteiger partial charge in [-0.25, -0.2) is 0 Å². The van der Waals surface area contributed by atoms with Gasteiger partial charge in [-0.2, -0.15) is 0 Å². The van der Waals surface area contributed by atoms with Gasteiger partial charge in [-0.3, -0.25) is 4.90 Å². The molecule has 0 radical (unpaired) electrons. The zero-order valence-electron chi connectivity index (χ0n) is 20.6. The van der Waals surface area contributed by atoms with Crippen molar-refractivity contribution in [3.63, 3.8) is 0 Å². The van der Waals surface area contributed by atoms with Crippen LogP contribution in [-0.2, 0) is 6.54 Å². The van der Waals surface area contributed by atoms with Crippen molar-refractivity contribution in [2.75, 3.05) is 44.2 Å². The smallest absolute Gasteiger partial charge is 0.119 e. The van der Waals surface area contributed by atoms with Crippen LogP contribution in [0.25, 0.3) is 10.8 Å². The molecule has 5 rings (SSSR count). The Morgan fingerprint density at radius 2 is 1.54 bits per heavy atom. The fourth-order valence-corrected chi connectivity index (χ4v) is 4.92. The van der Waals surface area contributed by atoms with Crippen LogP contribution >= 0.6 is 0 Å². The molecule has 1 saturated heterocycles. The fourth-order valence-electron chi connectivity index (χ4n) is 4.92. The van der Waals surface area contributed by atoms with Gasteiger partial charge in [0.15, 0.2) is 0 Å². The minimum Gasteiger partial charge on any atom is -0.492 e. The lowest BCUT2D eigenvalue weighted by Crippen LogP contribution is -2.47. The SMILES string of the molecule is CC(NCc1cccc(OCCN2CCN(c3ccccc3)CC2)c1)c1cccc2ccccc12. The van der Waals surface area contributed by atoms with Crippen molar-refractivity contribution in [2.24, 2.45) is 0 Å². The zero-order valence-corrected chi connectivity index (χ0v) is 20.6. The molecule has 1 fully saturated rings. The van der Waals surface area contributed by atoms with Gasteiger partial charge in [-0.15, -0.1) is 0 Å². The molecule has 0 saturated carbocycles. The monoisotopic (exact) mass is 465 g/mol. The van der Waals surface area contributed by atoms with Gasteiger partial charge in [-0.1, -0.05) is 72.8 Å². The largest absolute Gasteiger partial charge is 0.492 e. The minimum absolute atomic E-state index is 0.264. The summed E-state index contributed by atoms with van der Waals surface area (Å²) in [4.78, 5) is 4.96. The minimum atomic E-state index is 0.264. The van der Waals surface area contributed by atoms with Gasteiger partial charge in [0.05, 0.1) is 0 Å². The Morgan fingerprint density at radius 1 is 0.800 bits per heavy atom. The molecule has 1 N–H and O–H groups in total. The number of ether oxygens (including phenoxy) is 1. The Morgan fingerprint density at radius 3 is 2.40 bits per heavy atom. The Labute approximate surface area is 209 Å². The topological polar surface area (TPSA) is 27.7 Å². The second-order valence-corrected chi connectivity index (χ2v) is 9.33. The van der Waals surface area contributed by atoms with E-state index < -0.39 is 0 Å². The molecule has 1 atom stereocenters. The summed E-state index contributed by atoms with van der Waals surface area (Å²) < 4.78 is 6.13. The molecule has 0 spiro atoms. The van der Waals surface area contributed by atoms with Crippen molar-refractivity contribution in [1.29, 1.82) is 0 Å². The van der Waals surface area contributed by atoms with Crippen molar-refractivity contribution in [3.05, 3.63) is 108 Å². The number of piperazine rings is 1. The van der Waals surface area contributed by atoms with E-state index in [2.05, 4.69) is 119 Å². The summed E-state index contributed by atoms with van der Waals surface area (Å²) >= 11 is 0. The second-order valence-electron chi connectivity index (χ2n) is 9.33. The molecule has 35 heavy (non-hydrogen) atoms. The van der Waals surface area contributed by atoms with Crippen LogP contribution in [0.15, 0.2) is 97.1 Å². The van der Waals surface area contributed by atoms with Crippen molar-refractivity contribution >= 4 is 16.5 Å². The molecule has 0 aromatic heterocycles. The van der Waals surface area contributed by atoms with E-state index in [1.165, 1.54) is 27.6 Å². The predicted octanol–water partition coefficient (Wildman–Crippen LogP) is 5.89. The number of nitrogens with one attached hydrogen (secondary N) is 1. The van der Waals surface area contributed by atoms with Crippen LogP contribution in [0.4, 0.5) is 5.69 Å². The first-order chi connectivity index (χ1) is 17.3. The van der Waals surface area contributed by atoms with Crippen LogP contribution in [0, 0.1) is 0 Å². The van der Waals surface area contributed by atoms with Crippen molar-refractivity contribution in [3.8, 4) is 5.75 Å². The summed E-state index contributed by atoms with van der Waals surface area (Å²) in [7, 11) is 0. The van der Waals surface area contributed by atoms with Crippen LogP contribution < -0.4 is 15.0 Å². The van der Waals surface area contributed by atoms with Gasteiger partial charge < -0.3 is 15.0 Å². The molecule has 1 aliphatic heterocycles. The van der Waals surface area contributed by atoms with Crippen molar-refractivity contribution in [1.82, 2.24) is 10.2 Å². The van der Waals surface area contributed by atoms with E-state index >= 15 is 0 Å². The summed E-state index contributed by atoms with van der Waals surface area (Å²) in [6.07, 6.45) is 0. The molecule has 4 aromatic rings. The number of anilines is 1. The Bertz CT molecular complexity index is 1210. The van der Waals surface area contributed by atoms with E-state index in [9.17, 15) is 0 Å². The molecule has 180 valence electrons. The first-order valence-electron chi connectivity index (χ1n) is 12.7. The highest BCUT2D eigenvalue weighted by Crippen LogP contribution is 2.24. The molecule has 1 aliphatic rings. The number of rotatable bonds is 9. The molecule has 0 aliphatic carbocycles. The van der Waals surface area contributed by atoms with E-state index in [1.807, 2.05) is 0 Å². The molecular weight excluding hydrogens is 430 g/mol.